The fraction of sp³-hybridized carbons (Fsp3) is 0.250. The lowest BCUT2D eigenvalue weighted by molar-refractivity contribution is 0.0520. The molecule has 0 bridgehead atoms. The van der Waals surface area contributed by atoms with Gasteiger partial charge in [-0.25, -0.2) is 9.78 Å². The molecule has 0 saturated carbocycles. The molecule has 0 atom stereocenters. The van der Waals surface area contributed by atoms with E-state index in [4.69, 9.17) is 9.15 Å². The van der Waals surface area contributed by atoms with E-state index in [2.05, 4.69) is 31.3 Å². The first-order valence-corrected chi connectivity index (χ1v) is 9.39. The van der Waals surface area contributed by atoms with Gasteiger partial charge in [0.1, 0.15) is 10.8 Å². The van der Waals surface area contributed by atoms with Crippen LogP contribution >= 0.6 is 27.3 Å². The van der Waals surface area contributed by atoms with Gasteiger partial charge in [0.25, 0.3) is 5.91 Å². The molecular formula is C16H15BrN4O4S. The fourth-order valence-corrected chi connectivity index (χ4v) is 3.13. The predicted molar refractivity (Wildman–Crippen MR) is 97.0 cm³/mol. The summed E-state index contributed by atoms with van der Waals surface area (Å²) in [6.45, 7) is 2.65. The van der Waals surface area contributed by atoms with Crippen LogP contribution in [0.5, 0.6) is 0 Å². The SMILES string of the molecule is CCOC(=O)c1csc(CNC(=O)c2ccc(Cn3cc(Br)cn3)o2)n1. The van der Waals surface area contributed by atoms with Crippen molar-refractivity contribution in [3.63, 3.8) is 0 Å². The zero-order chi connectivity index (χ0) is 18.5. The lowest BCUT2D eigenvalue weighted by Crippen LogP contribution is -2.22. The van der Waals surface area contributed by atoms with E-state index < -0.39 is 5.97 Å². The Kier molecular flexibility index (Phi) is 5.84. The molecule has 0 spiro atoms. The molecule has 3 rings (SSSR count). The maximum atomic E-state index is 12.2. The second-order valence-electron chi connectivity index (χ2n) is 5.15. The number of ether oxygens (including phenoxy) is 1. The maximum Gasteiger partial charge on any atom is 0.357 e. The van der Waals surface area contributed by atoms with Crippen LogP contribution in [-0.4, -0.2) is 33.2 Å². The Morgan fingerprint density at radius 1 is 1.42 bits per heavy atom. The highest BCUT2D eigenvalue weighted by Gasteiger charge is 2.14. The number of esters is 1. The standard InChI is InChI=1S/C16H15BrN4O4S/c1-2-24-16(23)12-9-26-14(20-12)6-18-15(22)13-4-3-11(25-13)8-21-7-10(17)5-19-21/h3-5,7,9H,2,6,8H2,1H3,(H,18,22). The molecule has 3 aromatic rings. The van der Waals surface area contributed by atoms with Crippen molar-refractivity contribution in [3.05, 3.63) is 56.6 Å². The van der Waals surface area contributed by atoms with Crippen LogP contribution in [0.3, 0.4) is 0 Å². The summed E-state index contributed by atoms with van der Waals surface area (Å²) in [7, 11) is 0. The van der Waals surface area contributed by atoms with Gasteiger partial charge in [0, 0.05) is 11.6 Å². The molecular weight excluding hydrogens is 424 g/mol. The Balaban J connectivity index is 1.54. The highest BCUT2D eigenvalue weighted by atomic mass is 79.9. The smallest absolute Gasteiger partial charge is 0.357 e. The van der Waals surface area contributed by atoms with Crippen molar-refractivity contribution >= 4 is 39.1 Å². The predicted octanol–water partition coefficient (Wildman–Crippen LogP) is 2.85. The first kappa shape index (κ1) is 18.3. The average molecular weight is 439 g/mol. The summed E-state index contributed by atoms with van der Waals surface area (Å²) in [5.41, 5.74) is 0.242. The van der Waals surface area contributed by atoms with Crippen LogP contribution in [0, 0.1) is 0 Å². The quantitative estimate of drug-likeness (QED) is 0.569. The highest BCUT2D eigenvalue weighted by Crippen LogP contribution is 2.13. The van der Waals surface area contributed by atoms with E-state index in [1.165, 1.54) is 11.3 Å². The monoisotopic (exact) mass is 438 g/mol. The Bertz CT molecular complexity index is 917. The summed E-state index contributed by atoms with van der Waals surface area (Å²) < 4.78 is 13.0. The molecule has 3 aromatic heterocycles. The van der Waals surface area contributed by atoms with Crippen molar-refractivity contribution in [1.29, 1.82) is 0 Å². The third-order valence-corrected chi connectivity index (χ3v) is 4.50. The fourth-order valence-electron chi connectivity index (χ4n) is 2.10. The molecule has 0 saturated heterocycles. The molecule has 10 heteroatoms. The number of hydrogen-bond acceptors (Lipinski definition) is 7. The lowest BCUT2D eigenvalue weighted by atomic mass is 10.4. The molecule has 0 aliphatic rings. The number of hydrogen-bond donors (Lipinski definition) is 1. The number of thiazole rings is 1. The number of furan rings is 1. The Morgan fingerprint density at radius 3 is 3.00 bits per heavy atom. The molecule has 3 heterocycles. The number of nitrogens with zero attached hydrogens (tertiary/aromatic N) is 3. The molecule has 0 radical (unpaired) electrons. The molecule has 0 unspecified atom stereocenters. The van der Waals surface area contributed by atoms with Crippen molar-refractivity contribution in [1.82, 2.24) is 20.1 Å². The van der Waals surface area contributed by atoms with Crippen LogP contribution in [-0.2, 0) is 17.8 Å². The summed E-state index contributed by atoms with van der Waals surface area (Å²) in [6.07, 6.45) is 3.49. The van der Waals surface area contributed by atoms with Crippen molar-refractivity contribution < 1.29 is 18.7 Å². The third-order valence-electron chi connectivity index (χ3n) is 3.24. The van der Waals surface area contributed by atoms with Crippen LogP contribution in [0.15, 0.2) is 38.8 Å². The van der Waals surface area contributed by atoms with Gasteiger partial charge in [-0.2, -0.15) is 5.10 Å². The zero-order valence-corrected chi connectivity index (χ0v) is 16.2. The van der Waals surface area contributed by atoms with Crippen LogP contribution in [0.25, 0.3) is 0 Å². The van der Waals surface area contributed by atoms with Crippen molar-refractivity contribution in [2.45, 2.75) is 20.0 Å². The molecule has 26 heavy (non-hydrogen) atoms. The molecule has 0 aliphatic carbocycles. The number of amides is 1. The number of carbonyl (C=O) groups excluding carboxylic acids is 2. The van der Waals surface area contributed by atoms with Gasteiger partial charge in [-0.05, 0) is 35.0 Å². The number of aromatic nitrogens is 3. The highest BCUT2D eigenvalue weighted by molar-refractivity contribution is 9.10. The van der Waals surface area contributed by atoms with E-state index in [1.807, 2.05) is 6.20 Å². The van der Waals surface area contributed by atoms with Crippen LogP contribution < -0.4 is 5.32 Å². The number of nitrogens with one attached hydrogen (secondary N) is 1. The molecule has 8 nitrogen and oxygen atoms in total. The number of halogens is 1. The molecule has 0 aromatic carbocycles. The molecule has 136 valence electrons. The van der Waals surface area contributed by atoms with E-state index in [-0.39, 0.29) is 23.9 Å². The summed E-state index contributed by atoms with van der Waals surface area (Å²) in [4.78, 5) is 27.9. The van der Waals surface area contributed by atoms with E-state index in [1.54, 1.807) is 35.3 Å². The molecule has 1 amide bonds. The van der Waals surface area contributed by atoms with Crippen LogP contribution in [0.4, 0.5) is 0 Å². The van der Waals surface area contributed by atoms with Gasteiger partial charge in [0.2, 0.25) is 0 Å². The second kappa shape index (κ2) is 8.28. The van der Waals surface area contributed by atoms with Crippen LogP contribution in [0.1, 0.15) is 38.7 Å². The maximum absolute atomic E-state index is 12.2. The molecule has 0 aliphatic heterocycles. The number of rotatable bonds is 7. The van der Waals surface area contributed by atoms with Crippen molar-refractivity contribution in [3.8, 4) is 0 Å². The first-order valence-electron chi connectivity index (χ1n) is 7.71. The molecule has 0 fully saturated rings. The largest absolute Gasteiger partial charge is 0.461 e. The minimum Gasteiger partial charge on any atom is -0.461 e. The minimum atomic E-state index is -0.470. The van der Waals surface area contributed by atoms with E-state index in [9.17, 15) is 9.59 Å². The van der Waals surface area contributed by atoms with Gasteiger partial charge in [-0.15, -0.1) is 11.3 Å². The normalized spacial score (nSPS) is 10.7. The molecule has 1 N–H and O–H groups in total. The third kappa shape index (κ3) is 4.58. The topological polar surface area (TPSA) is 99.2 Å². The van der Waals surface area contributed by atoms with Crippen molar-refractivity contribution in [2.75, 3.05) is 6.61 Å². The van der Waals surface area contributed by atoms with E-state index in [0.29, 0.717) is 23.9 Å². The summed E-state index contributed by atoms with van der Waals surface area (Å²) in [5, 5.41) is 9.06. The lowest BCUT2D eigenvalue weighted by Gasteiger charge is -2.01. The van der Waals surface area contributed by atoms with Gasteiger partial charge in [0.15, 0.2) is 11.5 Å². The van der Waals surface area contributed by atoms with Gasteiger partial charge in [-0.1, -0.05) is 0 Å². The first-order chi connectivity index (χ1) is 12.5. The van der Waals surface area contributed by atoms with Gasteiger partial charge in [-0.3, -0.25) is 9.48 Å². The van der Waals surface area contributed by atoms with Gasteiger partial charge in [0.05, 0.1) is 30.4 Å². The van der Waals surface area contributed by atoms with Gasteiger partial charge >= 0.3 is 5.97 Å². The average Bonchev–Trinajstić information content (AvgIpc) is 3.34. The summed E-state index contributed by atoms with van der Waals surface area (Å²) in [6, 6.07) is 3.34. The Hall–Kier alpha value is -2.46. The Labute approximate surface area is 161 Å². The summed E-state index contributed by atoms with van der Waals surface area (Å²) in [5.74, 6) is -0.00830. The minimum absolute atomic E-state index is 0.199. The second-order valence-corrected chi connectivity index (χ2v) is 7.01. The number of carbonyl (C=O) groups is 2. The van der Waals surface area contributed by atoms with E-state index in [0.717, 1.165) is 4.47 Å². The zero-order valence-electron chi connectivity index (χ0n) is 13.8. The van der Waals surface area contributed by atoms with E-state index >= 15 is 0 Å². The van der Waals surface area contributed by atoms with Gasteiger partial charge < -0.3 is 14.5 Å². The van der Waals surface area contributed by atoms with Crippen LogP contribution in [0.2, 0.25) is 0 Å². The summed E-state index contributed by atoms with van der Waals surface area (Å²) >= 11 is 4.60. The Morgan fingerprint density at radius 2 is 2.27 bits per heavy atom. The van der Waals surface area contributed by atoms with Crippen molar-refractivity contribution in [2.24, 2.45) is 0 Å².